The van der Waals surface area contributed by atoms with Gasteiger partial charge in [-0.3, -0.25) is 4.98 Å². The molecule has 0 bridgehead atoms. The van der Waals surface area contributed by atoms with Crippen LogP contribution >= 0.6 is 0 Å². The first-order valence-corrected chi connectivity index (χ1v) is 6.01. The van der Waals surface area contributed by atoms with E-state index in [2.05, 4.69) is 15.3 Å². The Labute approximate surface area is 111 Å². The van der Waals surface area contributed by atoms with E-state index in [0.717, 1.165) is 22.5 Å². The van der Waals surface area contributed by atoms with Crippen molar-refractivity contribution in [2.45, 2.75) is 0 Å². The van der Waals surface area contributed by atoms with Crippen LogP contribution in [0, 0.1) is 0 Å². The lowest BCUT2D eigenvalue weighted by atomic mass is 10.2. The highest BCUT2D eigenvalue weighted by Gasteiger charge is 2.01. The van der Waals surface area contributed by atoms with Crippen LogP contribution in [0.4, 0.5) is 5.82 Å². The normalized spacial score (nSPS) is 10.4. The standard InChI is InChI=1S/C15H13N3O/c1-16-15-9-12(6-7-17-15)19-13-8-11-4-2-3-5-14(11)18-10-13/h2-10H,1H3,(H,16,17). The summed E-state index contributed by atoms with van der Waals surface area (Å²) >= 11 is 0. The zero-order valence-electron chi connectivity index (χ0n) is 10.5. The van der Waals surface area contributed by atoms with E-state index in [-0.39, 0.29) is 0 Å². The molecule has 0 fully saturated rings. The predicted molar refractivity (Wildman–Crippen MR) is 75.6 cm³/mol. The number of benzene rings is 1. The molecule has 1 aromatic carbocycles. The average Bonchev–Trinajstić information content (AvgIpc) is 2.47. The van der Waals surface area contributed by atoms with Crippen LogP contribution in [0.2, 0.25) is 0 Å². The average molecular weight is 251 g/mol. The van der Waals surface area contributed by atoms with Gasteiger partial charge in [-0.25, -0.2) is 4.98 Å². The fourth-order valence-corrected chi connectivity index (χ4v) is 1.85. The number of hydrogen-bond acceptors (Lipinski definition) is 4. The van der Waals surface area contributed by atoms with E-state index in [1.807, 2.05) is 49.5 Å². The van der Waals surface area contributed by atoms with E-state index >= 15 is 0 Å². The molecule has 4 heteroatoms. The summed E-state index contributed by atoms with van der Waals surface area (Å²) in [6.45, 7) is 0. The van der Waals surface area contributed by atoms with E-state index in [1.165, 1.54) is 0 Å². The zero-order chi connectivity index (χ0) is 13.1. The van der Waals surface area contributed by atoms with E-state index in [4.69, 9.17) is 4.74 Å². The van der Waals surface area contributed by atoms with Crippen LogP contribution in [0.5, 0.6) is 11.5 Å². The molecule has 0 aliphatic carbocycles. The van der Waals surface area contributed by atoms with Crippen molar-refractivity contribution in [3.63, 3.8) is 0 Å². The van der Waals surface area contributed by atoms with Gasteiger partial charge < -0.3 is 10.1 Å². The molecule has 2 aromatic heterocycles. The number of hydrogen-bond donors (Lipinski definition) is 1. The van der Waals surface area contributed by atoms with Crippen molar-refractivity contribution in [1.82, 2.24) is 9.97 Å². The molecule has 3 aromatic rings. The summed E-state index contributed by atoms with van der Waals surface area (Å²) in [4.78, 5) is 8.51. The number of para-hydroxylation sites is 1. The SMILES string of the molecule is CNc1cc(Oc2cnc3ccccc3c2)ccn1. The third-order valence-corrected chi connectivity index (χ3v) is 2.79. The second-order valence-electron chi connectivity index (χ2n) is 4.09. The molecule has 0 aliphatic heterocycles. The van der Waals surface area contributed by atoms with Crippen molar-refractivity contribution in [3.05, 3.63) is 54.9 Å². The molecular weight excluding hydrogens is 238 g/mol. The van der Waals surface area contributed by atoms with Crippen LogP contribution in [0.3, 0.4) is 0 Å². The van der Waals surface area contributed by atoms with Crippen LogP contribution in [-0.2, 0) is 0 Å². The minimum Gasteiger partial charge on any atom is -0.456 e. The van der Waals surface area contributed by atoms with Gasteiger partial charge in [-0.15, -0.1) is 0 Å². The maximum Gasteiger partial charge on any atom is 0.146 e. The van der Waals surface area contributed by atoms with Gasteiger partial charge in [0.2, 0.25) is 0 Å². The van der Waals surface area contributed by atoms with E-state index in [0.29, 0.717) is 5.75 Å². The first-order valence-electron chi connectivity index (χ1n) is 6.01. The minimum atomic E-state index is 0.715. The molecule has 0 unspecified atom stereocenters. The molecular formula is C15H13N3O. The predicted octanol–water partition coefficient (Wildman–Crippen LogP) is 3.46. The fourth-order valence-electron chi connectivity index (χ4n) is 1.85. The van der Waals surface area contributed by atoms with Crippen LogP contribution in [0.1, 0.15) is 0 Å². The molecule has 4 nitrogen and oxygen atoms in total. The van der Waals surface area contributed by atoms with Gasteiger partial charge in [0.15, 0.2) is 0 Å². The third kappa shape index (κ3) is 2.47. The van der Waals surface area contributed by atoms with Crippen LogP contribution in [0.25, 0.3) is 10.9 Å². The number of nitrogens with one attached hydrogen (secondary N) is 1. The van der Waals surface area contributed by atoms with Gasteiger partial charge in [0.05, 0.1) is 11.7 Å². The molecule has 0 saturated heterocycles. The van der Waals surface area contributed by atoms with Crippen LogP contribution < -0.4 is 10.1 Å². The lowest BCUT2D eigenvalue weighted by Crippen LogP contribution is -1.92. The molecule has 0 aliphatic rings. The summed E-state index contributed by atoms with van der Waals surface area (Å²) in [6, 6.07) is 13.6. The summed E-state index contributed by atoms with van der Waals surface area (Å²) in [7, 11) is 1.82. The molecule has 0 atom stereocenters. The first-order chi connectivity index (χ1) is 9.35. The second-order valence-corrected chi connectivity index (χ2v) is 4.09. The first kappa shape index (κ1) is 11.5. The largest absolute Gasteiger partial charge is 0.456 e. The molecule has 19 heavy (non-hydrogen) atoms. The lowest BCUT2D eigenvalue weighted by molar-refractivity contribution is 0.481. The topological polar surface area (TPSA) is 47.0 Å². The summed E-state index contributed by atoms with van der Waals surface area (Å²) < 4.78 is 5.79. The summed E-state index contributed by atoms with van der Waals surface area (Å²) in [5.74, 6) is 2.22. The lowest BCUT2D eigenvalue weighted by Gasteiger charge is -2.07. The number of pyridine rings is 2. The summed E-state index contributed by atoms with van der Waals surface area (Å²) in [5, 5.41) is 4.03. The minimum absolute atomic E-state index is 0.715. The van der Waals surface area contributed by atoms with Crippen molar-refractivity contribution in [1.29, 1.82) is 0 Å². The molecule has 0 saturated carbocycles. The van der Waals surface area contributed by atoms with Gasteiger partial charge in [-0.2, -0.15) is 0 Å². The third-order valence-electron chi connectivity index (χ3n) is 2.79. The van der Waals surface area contributed by atoms with E-state index < -0.39 is 0 Å². The van der Waals surface area contributed by atoms with E-state index in [1.54, 1.807) is 12.4 Å². The Balaban J connectivity index is 1.92. The molecule has 2 heterocycles. The van der Waals surface area contributed by atoms with Crippen LogP contribution in [-0.4, -0.2) is 17.0 Å². The number of nitrogens with zero attached hydrogens (tertiary/aromatic N) is 2. The number of fused-ring (bicyclic) bond motifs is 1. The fraction of sp³-hybridized carbons (Fsp3) is 0.0667. The van der Waals surface area contributed by atoms with Crippen LogP contribution in [0.15, 0.2) is 54.9 Å². The van der Waals surface area contributed by atoms with Crippen molar-refractivity contribution < 1.29 is 4.74 Å². The van der Waals surface area contributed by atoms with Gasteiger partial charge in [0.1, 0.15) is 17.3 Å². The Hall–Kier alpha value is -2.62. The Morgan fingerprint density at radius 1 is 1.00 bits per heavy atom. The summed E-state index contributed by atoms with van der Waals surface area (Å²) in [6.07, 6.45) is 3.43. The second kappa shape index (κ2) is 4.94. The highest BCUT2D eigenvalue weighted by Crippen LogP contribution is 2.24. The maximum absolute atomic E-state index is 5.79. The van der Waals surface area contributed by atoms with E-state index in [9.17, 15) is 0 Å². The zero-order valence-corrected chi connectivity index (χ0v) is 10.5. The molecule has 0 amide bonds. The van der Waals surface area contributed by atoms with Gasteiger partial charge in [-0.05, 0) is 18.2 Å². The van der Waals surface area contributed by atoms with Crippen molar-refractivity contribution in [2.75, 3.05) is 12.4 Å². The molecule has 0 spiro atoms. The number of aromatic nitrogens is 2. The highest BCUT2D eigenvalue weighted by molar-refractivity contribution is 5.79. The summed E-state index contributed by atoms with van der Waals surface area (Å²) in [5.41, 5.74) is 0.959. The molecule has 94 valence electrons. The number of ether oxygens (including phenoxy) is 1. The highest BCUT2D eigenvalue weighted by atomic mass is 16.5. The molecule has 0 radical (unpaired) electrons. The quantitative estimate of drug-likeness (QED) is 0.774. The van der Waals surface area contributed by atoms with Crippen molar-refractivity contribution >= 4 is 16.7 Å². The maximum atomic E-state index is 5.79. The van der Waals surface area contributed by atoms with Crippen molar-refractivity contribution in [3.8, 4) is 11.5 Å². The molecule has 3 rings (SSSR count). The smallest absolute Gasteiger partial charge is 0.146 e. The number of anilines is 1. The Morgan fingerprint density at radius 3 is 2.79 bits per heavy atom. The van der Waals surface area contributed by atoms with Gasteiger partial charge >= 0.3 is 0 Å². The van der Waals surface area contributed by atoms with Crippen molar-refractivity contribution in [2.24, 2.45) is 0 Å². The van der Waals surface area contributed by atoms with Gasteiger partial charge in [-0.1, -0.05) is 18.2 Å². The Morgan fingerprint density at radius 2 is 1.89 bits per heavy atom. The monoisotopic (exact) mass is 251 g/mol. The van der Waals surface area contributed by atoms with Gasteiger partial charge in [0.25, 0.3) is 0 Å². The molecule has 1 N–H and O–H groups in total. The van der Waals surface area contributed by atoms with Gasteiger partial charge in [0, 0.05) is 24.7 Å². The Kier molecular flexibility index (Phi) is 2.98. The number of rotatable bonds is 3. The Bertz CT molecular complexity index is 712.